The van der Waals surface area contributed by atoms with E-state index < -0.39 is 6.10 Å². The first-order valence-electron chi connectivity index (χ1n) is 9.01. The number of hydrogen-bond donors (Lipinski definition) is 1. The molecule has 23 heavy (non-hydrogen) atoms. The molecule has 1 aromatic heterocycles. The van der Waals surface area contributed by atoms with Crippen molar-refractivity contribution in [2.75, 3.05) is 6.61 Å². The number of hydrogen-bond acceptors (Lipinski definition) is 3. The molecule has 2 aromatic rings. The number of benzene rings is 1. The molecule has 1 saturated carbocycles. The molecular formula is C19H28N2O2. The third-order valence-electron chi connectivity index (χ3n) is 4.68. The van der Waals surface area contributed by atoms with Gasteiger partial charge in [0.05, 0.1) is 36.4 Å². The Kier molecular flexibility index (Phi) is 5.68. The van der Waals surface area contributed by atoms with E-state index in [1.54, 1.807) is 0 Å². The molecule has 0 bridgehead atoms. The van der Waals surface area contributed by atoms with Crippen LogP contribution in [0.5, 0.6) is 0 Å². The molecule has 0 spiro atoms. The van der Waals surface area contributed by atoms with E-state index in [0.29, 0.717) is 19.3 Å². The number of para-hydroxylation sites is 2. The Morgan fingerprint density at radius 1 is 1.26 bits per heavy atom. The van der Waals surface area contributed by atoms with Crippen molar-refractivity contribution in [3.05, 3.63) is 30.1 Å². The van der Waals surface area contributed by atoms with Gasteiger partial charge in [-0.25, -0.2) is 4.98 Å². The molecule has 4 heteroatoms. The zero-order valence-corrected chi connectivity index (χ0v) is 14.1. The van der Waals surface area contributed by atoms with E-state index in [4.69, 9.17) is 9.72 Å². The quantitative estimate of drug-likeness (QED) is 0.847. The normalized spacial score (nSPS) is 17.7. The van der Waals surface area contributed by atoms with Crippen molar-refractivity contribution >= 4 is 11.0 Å². The Bertz CT molecular complexity index is 617. The van der Waals surface area contributed by atoms with Crippen molar-refractivity contribution in [3.63, 3.8) is 0 Å². The van der Waals surface area contributed by atoms with Crippen LogP contribution >= 0.6 is 0 Å². The van der Waals surface area contributed by atoms with Gasteiger partial charge in [-0.15, -0.1) is 0 Å². The first-order valence-corrected chi connectivity index (χ1v) is 9.01. The van der Waals surface area contributed by atoms with Gasteiger partial charge >= 0.3 is 0 Å². The fraction of sp³-hybridized carbons (Fsp3) is 0.632. The number of fused-ring (bicyclic) bond motifs is 1. The van der Waals surface area contributed by atoms with E-state index >= 15 is 0 Å². The van der Waals surface area contributed by atoms with Crippen molar-refractivity contribution in [2.45, 2.75) is 70.6 Å². The number of rotatable bonds is 7. The summed E-state index contributed by atoms with van der Waals surface area (Å²) in [5.41, 5.74) is 2.11. The van der Waals surface area contributed by atoms with E-state index in [1.807, 2.05) is 18.2 Å². The summed E-state index contributed by atoms with van der Waals surface area (Å²) < 4.78 is 8.08. The highest BCUT2D eigenvalue weighted by Crippen LogP contribution is 2.21. The highest BCUT2D eigenvalue weighted by atomic mass is 16.5. The molecule has 1 N–H and O–H groups in total. The summed E-state index contributed by atoms with van der Waals surface area (Å²) in [5.74, 6) is 1.06. The smallest absolute Gasteiger partial charge is 0.109 e. The molecule has 1 aliphatic rings. The molecule has 1 fully saturated rings. The fourth-order valence-electron chi connectivity index (χ4n) is 3.49. The van der Waals surface area contributed by atoms with Gasteiger partial charge in [-0.2, -0.15) is 0 Å². The van der Waals surface area contributed by atoms with Crippen LogP contribution in [-0.2, 0) is 17.7 Å². The van der Waals surface area contributed by atoms with Crippen molar-refractivity contribution in [1.29, 1.82) is 0 Å². The maximum absolute atomic E-state index is 10.4. The number of aliphatic hydroxyl groups excluding tert-OH is 1. The minimum absolute atomic E-state index is 0.341. The van der Waals surface area contributed by atoms with Crippen molar-refractivity contribution in [2.24, 2.45) is 0 Å². The number of ether oxygens (including phenoxy) is 1. The zero-order valence-electron chi connectivity index (χ0n) is 14.1. The van der Waals surface area contributed by atoms with E-state index in [9.17, 15) is 5.11 Å². The van der Waals surface area contributed by atoms with Crippen molar-refractivity contribution in [1.82, 2.24) is 9.55 Å². The Labute approximate surface area is 138 Å². The van der Waals surface area contributed by atoms with Crippen LogP contribution in [-0.4, -0.2) is 33.5 Å². The first-order chi connectivity index (χ1) is 11.3. The summed E-state index contributed by atoms with van der Waals surface area (Å²) in [6.45, 7) is 3.14. The lowest BCUT2D eigenvalue weighted by atomic mass is 9.98. The predicted octanol–water partition coefficient (Wildman–Crippen LogP) is 3.70. The minimum atomic E-state index is -0.481. The molecule has 1 aliphatic carbocycles. The van der Waals surface area contributed by atoms with Gasteiger partial charge in [0.2, 0.25) is 0 Å². The maximum atomic E-state index is 10.4. The van der Waals surface area contributed by atoms with Crippen LogP contribution in [0.4, 0.5) is 0 Å². The summed E-state index contributed by atoms with van der Waals surface area (Å²) in [5, 5.41) is 10.4. The molecule has 0 saturated heterocycles. The Hall–Kier alpha value is -1.39. The van der Waals surface area contributed by atoms with Crippen LogP contribution in [0.2, 0.25) is 0 Å². The molecule has 1 unspecified atom stereocenters. The van der Waals surface area contributed by atoms with E-state index in [1.165, 1.54) is 19.3 Å². The second-order valence-electron chi connectivity index (χ2n) is 6.62. The molecule has 0 radical (unpaired) electrons. The number of imidazole rings is 1. The standard InChI is InChI=1S/C19H28N2O2/c1-2-8-19-20-17-11-6-7-12-18(17)21(19)13-15(22)14-23-16-9-4-3-5-10-16/h6-7,11-12,15-16,22H,2-5,8-10,13-14H2,1H3. The molecule has 3 rings (SSSR count). The average molecular weight is 316 g/mol. The number of aryl methyl sites for hydroxylation is 1. The molecule has 0 aliphatic heterocycles. The molecule has 1 atom stereocenters. The SMILES string of the molecule is CCCc1nc2ccccc2n1CC(O)COC1CCCCC1. The van der Waals surface area contributed by atoms with Crippen LogP contribution < -0.4 is 0 Å². The van der Waals surface area contributed by atoms with Crippen LogP contribution in [0.15, 0.2) is 24.3 Å². The van der Waals surface area contributed by atoms with E-state index in [2.05, 4.69) is 17.6 Å². The predicted molar refractivity (Wildman–Crippen MR) is 92.6 cm³/mol. The summed E-state index contributed by atoms with van der Waals surface area (Å²) in [4.78, 5) is 4.72. The van der Waals surface area contributed by atoms with Gasteiger partial charge in [0.1, 0.15) is 5.82 Å². The van der Waals surface area contributed by atoms with E-state index in [0.717, 1.165) is 42.5 Å². The second kappa shape index (κ2) is 7.93. The van der Waals surface area contributed by atoms with Gasteiger partial charge in [-0.1, -0.05) is 38.3 Å². The van der Waals surface area contributed by atoms with Crippen LogP contribution in [0.1, 0.15) is 51.3 Å². The summed E-state index contributed by atoms with van der Waals surface area (Å²) in [7, 11) is 0. The Balaban J connectivity index is 1.65. The van der Waals surface area contributed by atoms with Crippen LogP contribution in [0.3, 0.4) is 0 Å². The van der Waals surface area contributed by atoms with Crippen LogP contribution in [0.25, 0.3) is 11.0 Å². The monoisotopic (exact) mass is 316 g/mol. The summed E-state index contributed by atoms with van der Waals surface area (Å²) in [6.07, 6.45) is 7.97. The average Bonchev–Trinajstić information content (AvgIpc) is 2.92. The lowest BCUT2D eigenvalue weighted by Crippen LogP contribution is -2.27. The lowest BCUT2D eigenvalue weighted by Gasteiger charge is -2.24. The lowest BCUT2D eigenvalue weighted by molar-refractivity contribution is -0.0282. The molecule has 0 amide bonds. The highest BCUT2D eigenvalue weighted by molar-refractivity contribution is 5.75. The maximum Gasteiger partial charge on any atom is 0.109 e. The van der Waals surface area contributed by atoms with Gasteiger partial charge in [0.15, 0.2) is 0 Å². The largest absolute Gasteiger partial charge is 0.389 e. The Morgan fingerprint density at radius 2 is 2.04 bits per heavy atom. The third kappa shape index (κ3) is 4.12. The van der Waals surface area contributed by atoms with Gasteiger partial charge in [-0.05, 0) is 31.4 Å². The topological polar surface area (TPSA) is 47.3 Å². The highest BCUT2D eigenvalue weighted by Gasteiger charge is 2.17. The summed E-state index contributed by atoms with van der Waals surface area (Å²) >= 11 is 0. The molecular weight excluding hydrogens is 288 g/mol. The van der Waals surface area contributed by atoms with Gasteiger partial charge in [0.25, 0.3) is 0 Å². The van der Waals surface area contributed by atoms with Gasteiger partial charge < -0.3 is 14.4 Å². The molecule has 1 aromatic carbocycles. The first kappa shape index (κ1) is 16.5. The minimum Gasteiger partial charge on any atom is -0.389 e. The fourth-order valence-corrected chi connectivity index (χ4v) is 3.49. The molecule has 126 valence electrons. The van der Waals surface area contributed by atoms with Gasteiger partial charge in [0, 0.05) is 6.42 Å². The molecule has 4 nitrogen and oxygen atoms in total. The van der Waals surface area contributed by atoms with Gasteiger partial charge in [-0.3, -0.25) is 0 Å². The van der Waals surface area contributed by atoms with Crippen molar-refractivity contribution < 1.29 is 9.84 Å². The zero-order chi connectivity index (χ0) is 16.1. The summed E-state index contributed by atoms with van der Waals surface area (Å²) in [6, 6.07) is 8.16. The number of aromatic nitrogens is 2. The third-order valence-corrected chi connectivity index (χ3v) is 4.68. The number of nitrogens with zero attached hydrogens (tertiary/aromatic N) is 2. The number of aliphatic hydroxyl groups is 1. The second-order valence-corrected chi connectivity index (χ2v) is 6.62. The van der Waals surface area contributed by atoms with Crippen LogP contribution in [0, 0.1) is 0 Å². The van der Waals surface area contributed by atoms with Crippen molar-refractivity contribution in [3.8, 4) is 0 Å². The van der Waals surface area contributed by atoms with E-state index in [-0.39, 0.29) is 0 Å². The Morgan fingerprint density at radius 3 is 2.83 bits per heavy atom. The molecule has 1 heterocycles.